The lowest BCUT2D eigenvalue weighted by Crippen LogP contribution is -2.46. The summed E-state index contributed by atoms with van der Waals surface area (Å²) in [5.74, 6) is 0.260. The van der Waals surface area contributed by atoms with E-state index in [2.05, 4.69) is 5.32 Å². The highest BCUT2D eigenvalue weighted by Crippen LogP contribution is 2.17. The van der Waals surface area contributed by atoms with Crippen molar-refractivity contribution in [3.63, 3.8) is 0 Å². The second-order valence-electron chi connectivity index (χ2n) is 6.00. The molecule has 1 amide bonds. The fraction of sp³-hybridized carbons (Fsp3) is 0.923. The third kappa shape index (κ3) is 5.48. The molecular formula is C13H26N2O2S. The fourth-order valence-electron chi connectivity index (χ4n) is 2.18. The van der Waals surface area contributed by atoms with Gasteiger partial charge in [0.05, 0.1) is 0 Å². The Balaban J connectivity index is 2.42. The topological polar surface area (TPSA) is 72.2 Å². The molecule has 0 saturated heterocycles. The van der Waals surface area contributed by atoms with E-state index in [-0.39, 0.29) is 11.9 Å². The maximum absolute atomic E-state index is 12.0. The highest BCUT2D eigenvalue weighted by molar-refractivity contribution is 7.86. The lowest BCUT2D eigenvalue weighted by molar-refractivity contribution is -0.121. The predicted molar refractivity (Wildman–Crippen MR) is 75.8 cm³/mol. The Kier molecular flexibility index (Phi) is 5.79. The van der Waals surface area contributed by atoms with Crippen LogP contribution < -0.4 is 11.1 Å². The highest BCUT2D eigenvalue weighted by atomic mass is 32.2. The molecule has 0 aromatic heterocycles. The maximum atomic E-state index is 12.0. The van der Waals surface area contributed by atoms with E-state index in [9.17, 15) is 9.00 Å². The van der Waals surface area contributed by atoms with Gasteiger partial charge in [0.25, 0.3) is 0 Å². The Labute approximate surface area is 113 Å². The van der Waals surface area contributed by atoms with E-state index < -0.39 is 21.6 Å². The van der Waals surface area contributed by atoms with Crippen molar-refractivity contribution >= 4 is 16.7 Å². The standard InChI is InChI=1S/C13H26N2O2S/c1-10(18(17)9-13(2,3)14)12(16)15-11-7-5-4-6-8-11/h10-11H,4-9,14H2,1-3H3,(H,15,16). The number of carbonyl (C=O) groups excluding carboxylic acids is 1. The normalized spacial score (nSPS) is 21.3. The maximum Gasteiger partial charge on any atom is 0.235 e. The zero-order valence-electron chi connectivity index (χ0n) is 11.7. The number of nitrogens with one attached hydrogen (secondary N) is 1. The lowest BCUT2D eigenvalue weighted by atomic mass is 9.95. The van der Waals surface area contributed by atoms with E-state index in [1.807, 2.05) is 13.8 Å². The third-order valence-electron chi connectivity index (χ3n) is 3.23. The monoisotopic (exact) mass is 274 g/mol. The molecule has 1 aliphatic rings. The summed E-state index contributed by atoms with van der Waals surface area (Å²) >= 11 is 0. The zero-order valence-corrected chi connectivity index (χ0v) is 12.5. The van der Waals surface area contributed by atoms with Crippen LogP contribution in [-0.2, 0) is 15.6 Å². The van der Waals surface area contributed by atoms with Crippen molar-refractivity contribution in [3.8, 4) is 0 Å². The lowest BCUT2D eigenvalue weighted by Gasteiger charge is -2.25. The molecule has 1 saturated carbocycles. The van der Waals surface area contributed by atoms with Gasteiger partial charge in [-0.1, -0.05) is 19.3 Å². The Morgan fingerprint density at radius 2 is 1.94 bits per heavy atom. The van der Waals surface area contributed by atoms with Crippen LogP contribution in [0.15, 0.2) is 0 Å². The van der Waals surface area contributed by atoms with Gasteiger partial charge in [-0.2, -0.15) is 0 Å². The molecule has 0 aliphatic heterocycles. The summed E-state index contributed by atoms with van der Waals surface area (Å²) in [5.41, 5.74) is 5.34. The minimum atomic E-state index is -1.21. The first-order chi connectivity index (χ1) is 8.29. The number of rotatable bonds is 5. The molecule has 0 spiro atoms. The molecule has 1 aliphatic carbocycles. The molecule has 1 rings (SSSR count). The van der Waals surface area contributed by atoms with E-state index in [4.69, 9.17) is 5.73 Å². The van der Waals surface area contributed by atoms with Crippen LogP contribution in [-0.4, -0.2) is 32.7 Å². The van der Waals surface area contributed by atoms with Crippen molar-refractivity contribution in [1.29, 1.82) is 0 Å². The van der Waals surface area contributed by atoms with E-state index in [1.165, 1.54) is 19.3 Å². The third-order valence-corrected chi connectivity index (χ3v) is 5.26. The summed E-state index contributed by atoms with van der Waals surface area (Å²) in [4.78, 5) is 12.0. The van der Waals surface area contributed by atoms with Gasteiger partial charge >= 0.3 is 0 Å². The van der Waals surface area contributed by atoms with Crippen LogP contribution in [0.25, 0.3) is 0 Å². The molecule has 4 nitrogen and oxygen atoms in total. The Morgan fingerprint density at radius 1 is 1.39 bits per heavy atom. The molecule has 5 heteroatoms. The number of nitrogens with two attached hydrogens (primary N) is 1. The molecule has 0 radical (unpaired) electrons. The molecule has 0 heterocycles. The molecule has 0 bridgehead atoms. The first-order valence-electron chi connectivity index (χ1n) is 6.76. The van der Waals surface area contributed by atoms with Crippen LogP contribution in [0.3, 0.4) is 0 Å². The van der Waals surface area contributed by atoms with Gasteiger partial charge in [0, 0.05) is 28.1 Å². The van der Waals surface area contributed by atoms with Crippen molar-refractivity contribution in [2.45, 2.75) is 69.7 Å². The minimum absolute atomic E-state index is 0.0931. The molecule has 18 heavy (non-hydrogen) atoms. The molecule has 0 aromatic carbocycles. The average molecular weight is 274 g/mol. The van der Waals surface area contributed by atoms with Gasteiger partial charge in [0.1, 0.15) is 5.25 Å². The Hall–Kier alpha value is -0.420. The first kappa shape index (κ1) is 15.6. The van der Waals surface area contributed by atoms with Crippen LogP contribution in [0.5, 0.6) is 0 Å². The van der Waals surface area contributed by atoms with Crippen LogP contribution in [0.2, 0.25) is 0 Å². The van der Waals surface area contributed by atoms with Gasteiger partial charge in [0.2, 0.25) is 5.91 Å². The van der Waals surface area contributed by atoms with E-state index >= 15 is 0 Å². The number of hydrogen-bond acceptors (Lipinski definition) is 3. The van der Waals surface area contributed by atoms with Crippen LogP contribution in [0.1, 0.15) is 52.9 Å². The van der Waals surface area contributed by atoms with E-state index in [1.54, 1.807) is 6.92 Å². The van der Waals surface area contributed by atoms with E-state index in [0.717, 1.165) is 12.8 Å². The molecule has 1 fully saturated rings. The highest BCUT2D eigenvalue weighted by Gasteiger charge is 2.26. The van der Waals surface area contributed by atoms with Gasteiger partial charge < -0.3 is 11.1 Å². The number of carbonyl (C=O) groups is 1. The second kappa shape index (κ2) is 6.66. The van der Waals surface area contributed by atoms with Crippen LogP contribution in [0, 0.1) is 0 Å². The summed E-state index contributed by atoms with van der Waals surface area (Å²) < 4.78 is 12.0. The molecule has 2 atom stereocenters. The smallest absolute Gasteiger partial charge is 0.235 e. The number of hydrogen-bond donors (Lipinski definition) is 2. The van der Waals surface area contributed by atoms with E-state index in [0.29, 0.717) is 5.75 Å². The molecule has 3 N–H and O–H groups in total. The summed E-state index contributed by atoms with van der Waals surface area (Å²) in [7, 11) is -1.21. The minimum Gasteiger partial charge on any atom is -0.352 e. The average Bonchev–Trinajstić information content (AvgIpc) is 2.27. The summed E-state index contributed by atoms with van der Waals surface area (Å²) in [6.45, 7) is 5.38. The van der Waals surface area contributed by atoms with Crippen molar-refractivity contribution in [2.75, 3.05) is 5.75 Å². The Bertz CT molecular complexity index is 307. The Morgan fingerprint density at radius 3 is 2.44 bits per heavy atom. The molecule has 2 unspecified atom stereocenters. The largest absolute Gasteiger partial charge is 0.352 e. The first-order valence-corrected chi connectivity index (χ1v) is 8.14. The van der Waals surface area contributed by atoms with Gasteiger partial charge in [0.15, 0.2) is 0 Å². The van der Waals surface area contributed by atoms with Gasteiger partial charge in [-0.05, 0) is 33.6 Å². The quantitative estimate of drug-likeness (QED) is 0.794. The van der Waals surface area contributed by atoms with Gasteiger partial charge in [-0.3, -0.25) is 9.00 Å². The summed E-state index contributed by atoms with van der Waals surface area (Å²) in [6, 6.07) is 0.275. The predicted octanol–water partition coefficient (Wildman–Crippen LogP) is 1.31. The van der Waals surface area contributed by atoms with Gasteiger partial charge in [-0.15, -0.1) is 0 Å². The van der Waals surface area contributed by atoms with Crippen molar-refractivity contribution < 1.29 is 9.00 Å². The fourth-order valence-corrected chi connectivity index (χ4v) is 3.47. The molecule has 0 aromatic rings. The van der Waals surface area contributed by atoms with Crippen LogP contribution >= 0.6 is 0 Å². The molecule has 106 valence electrons. The molecular weight excluding hydrogens is 248 g/mol. The van der Waals surface area contributed by atoms with Crippen molar-refractivity contribution in [1.82, 2.24) is 5.32 Å². The SMILES string of the molecule is CC(C(=O)NC1CCCCC1)S(=O)CC(C)(C)N. The zero-order chi connectivity index (χ0) is 13.8. The summed E-state index contributed by atoms with van der Waals surface area (Å²) in [5, 5.41) is 2.54. The second-order valence-corrected chi connectivity index (χ2v) is 7.76. The van der Waals surface area contributed by atoms with Crippen molar-refractivity contribution in [2.24, 2.45) is 5.73 Å². The number of amides is 1. The van der Waals surface area contributed by atoms with Gasteiger partial charge in [-0.25, -0.2) is 0 Å². The van der Waals surface area contributed by atoms with Crippen LogP contribution in [0.4, 0.5) is 0 Å². The summed E-state index contributed by atoms with van der Waals surface area (Å²) in [6.07, 6.45) is 5.71. The van der Waals surface area contributed by atoms with Crippen molar-refractivity contribution in [3.05, 3.63) is 0 Å².